The maximum Gasteiger partial charge on any atom is 0.363 e. The molecule has 0 aliphatic carbocycles. The van der Waals surface area contributed by atoms with E-state index in [0.29, 0.717) is 0 Å². The van der Waals surface area contributed by atoms with Crippen LogP contribution in [0.2, 0.25) is 0 Å². The Morgan fingerprint density at radius 1 is 1.64 bits per heavy atom. The number of nitro groups is 1. The van der Waals surface area contributed by atoms with Gasteiger partial charge in [-0.1, -0.05) is 0 Å². The average Bonchev–Trinajstić information content (AvgIpc) is 2.05. The highest BCUT2D eigenvalue weighted by atomic mass is 19.1. The van der Waals surface area contributed by atoms with E-state index in [1.807, 2.05) is 0 Å². The van der Waals surface area contributed by atoms with Crippen LogP contribution in [-0.4, -0.2) is 9.91 Å². The highest BCUT2D eigenvalue weighted by Crippen LogP contribution is 2.07. The minimum atomic E-state index is -0.776. The van der Waals surface area contributed by atoms with Gasteiger partial charge in [0, 0.05) is 6.07 Å². The quantitative estimate of drug-likeness (QED) is 0.481. The van der Waals surface area contributed by atoms with E-state index in [0.717, 1.165) is 0 Å². The molecule has 0 unspecified atom stereocenters. The number of hydrogen-bond donors (Lipinski definition) is 0. The van der Waals surface area contributed by atoms with Crippen LogP contribution in [0.3, 0.4) is 0 Å². The van der Waals surface area contributed by atoms with Crippen molar-refractivity contribution < 1.29 is 9.31 Å². The number of aromatic nitrogens is 1. The van der Waals surface area contributed by atoms with Crippen LogP contribution in [0.1, 0.15) is 5.69 Å². The molecule has 0 radical (unpaired) electrons. The van der Waals surface area contributed by atoms with Gasteiger partial charge in [-0.2, -0.15) is 0 Å². The van der Waals surface area contributed by atoms with Crippen molar-refractivity contribution in [3.05, 3.63) is 34.0 Å². The highest BCUT2D eigenvalue weighted by molar-refractivity contribution is 5.20. The van der Waals surface area contributed by atoms with E-state index in [4.69, 9.17) is 0 Å². The first-order chi connectivity index (χ1) is 5.24. The topological polar surface area (TPSA) is 56.0 Å². The Balaban J connectivity index is 3.01. The van der Waals surface area contributed by atoms with Gasteiger partial charge in [0.2, 0.25) is 0 Å². The van der Waals surface area contributed by atoms with Crippen LogP contribution in [0, 0.1) is 10.1 Å². The number of nitrogens with zero attached hydrogens (tertiary/aromatic N) is 2. The molecular formula is C6H5FN2O2. The Morgan fingerprint density at radius 2 is 2.36 bits per heavy atom. The number of pyridine rings is 1. The molecule has 0 aliphatic heterocycles. The zero-order valence-electron chi connectivity index (χ0n) is 5.53. The Kier molecular flexibility index (Phi) is 2.10. The number of hydrogen-bond acceptors (Lipinski definition) is 3. The normalized spacial score (nSPS) is 9.55. The Hall–Kier alpha value is -1.52. The van der Waals surface area contributed by atoms with Gasteiger partial charge >= 0.3 is 5.82 Å². The molecule has 0 bridgehead atoms. The van der Waals surface area contributed by atoms with Gasteiger partial charge in [-0.3, -0.25) is 0 Å². The minimum Gasteiger partial charge on any atom is -0.358 e. The zero-order chi connectivity index (χ0) is 8.27. The molecule has 1 aromatic heterocycles. The standard InChI is InChI=1S/C6H5FN2O2/c7-4-5-2-1-3-6(8-5)9(10)11/h1-3H,4H2. The number of halogens is 1. The lowest BCUT2D eigenvalue weighted by molar-refractivity contribution is -0.389. The van der Waals surface area contributed by atoms with Gasteiger partial charge in [0.25, 0.3) is 0 Å². The van der Waals surface area contributed by atoms with Crippen molar-refractivity contribution in [2.24, 2.45) is 0 Å². The molecule has 1 heterocycles. The van der Waals surface area contributed by atoms with Gasteiger partial charge in [-0.05, 0) is 22.0 Å². The lowest BCUT2D eigenvalue weighted by atomic mass is 10.4. The van der Waals surface area contributed by atoms with Crippen LogP contribution >= 0.6 is 0 Å². The average molecular weight is 156 g/mol. The van der Waals surface area contributed by atoms with Crippen LogP contribution in [0.15, 0.2) is 18.2 Å². The lowest BCUT2D eigenvalue weighted by Gasteiger charge is -1.90. The molecule has 0 aliphatic rings. The maximum atomic E-state index is 11.9. The monoisotopic (exact) mass is 156 g/mol. The van der Waals surface area contributed by atoms with Crippen molar-refractivity contribution in [1.82, 2.24) is 4.98 Å². The molecular weight excluding hydrogens is 151 g/mol. The predicted octanol–water partition coefficient (Wildman–Crippen LogP) is 1.46. The van der Waals surface area contributed by atoms with Crippen molar-refractivity contribution in [3.63, 3.8) is 0 Å². The summed E-state index contributed by atoms with van der Waals surface area (Å²) in [5.41, 5.74) is 0.0826. The lowest BCUT2D eigenvalue weighted by Crippen LogP contribution is -1.93. The van der Waals surface area contributed by atoms with Crippen LogP contribution < -0.4 is 0 Å². The summed E-state index contributed by atoms with van der Waals surface area (Å²) < 4.78 is 11.9. The van der Waals surface area contributed by atoms with E-state index < -0.39 is 11.6 Å². The number of rotatable bonds is 2. The van der Waals surface area contributed by atoms with E-state index in [9.17, 15) is 14.5 Å². The molecule has 0 saturated heterocycles. The Labute approximate surface area is 61.8 Å². The second-order valence-electron chi connectivity index (χ2n) is 1.88. The van der Waals surface area contributed by atoms with Crippen molar-refractivity contribution in [3.8, 4) is 0 Å². The van der Waals surface area contributed by atoms with Crippen molar-refractivity contribution >= 4 is 5.82 Å². The first-order valence-corrected chi connectivity index (χ1v) is 2.90. The maximum absolute atomic E-state index is 11.9. The van der Waals surface area contributed by atoms with Crippen molar-refractivity contribution in [2.75, 3.05) is 0 Å². The van der Waals surface area contributed by atoms with E-state index in [1.54, 1.807) is 0 Å². The van der Waals surface area contributed by atoms with Gasteiger partial charge in [-0.15, -0.1) is 0 Å². The zero-order valence-corrected chi connectivity index (χ0v) is 5.53. The fraction of sp³-hybridized carbons (Fsp3) is 0.167. The fourth-order valence-electron chi connectivity index (χ4n) is 0.643. The molecule has 0 amide bonds. The molecule has 4 nitrogen and oxygen atoms in total. The molecule has 0 atom stereocenters. The summed E-state index contributed by atoms with van der Waals surface area (Å²) in [7, 11) is 0. The van der Waals surface area contributed by atoms with E-state index in [-0.39, 0.29) is 11.5 Å². The summed E-state index contributed by atoms with van der Waals surface area (Å²) >= 11 is 0. The third kappa shape index (κ3) is 1.70. The van der Waals surface area contributed by atoms with Gasteiger partial charge in [-0.25, -0.2) is 4.39 Å². The van der Waals surface area contributed by atoms with E-state index in [1.165, 1.54) is 18.2 Å². The molecule has 5 heteroatoms. The third-order valence-corrected chi connectivity index (χ3v) is 1.12. The molecule has 0 spiro atoms. The summed E-state index contributed by atoms with van der Waals surface area (Å²) in [6.07, 6.45) is 0. The Morgan fingerprint density at radius 3 is 2.91 bits per heavy atom. The molecule has 0 aromatic carbocycles. The Bertz CT molecular complexity index is 277. The molecule has 58 valence electrons. The van der Waals surface area contributed by atoms with Crippen LogP contribution in [-0.2, 0) is 6.67 Å². The fourth-order valence-corrected chi connectivity index (χ4v) is 0.643. The molecule has 0 fully saturated rings. The molecule has 0 N–H and O–H groups in total. The van der Waals surface area contributed by atoms with Crippen LogP contribution in [0.5, 0.6) is 0 Å². The number of alkyl halides is 1. The van der Waals surface area contributed by atoms with Gasteiger partial charge in [0.15, 0.2) is 12.4 Å². The second-order valence-corrected chi connectivity index (χ2v) is 1.88. The molecule has 11 heavy (non-hydrogen) atoms. The SMILES string of the molecule is O=[N+]([O-])c1cccc(CF)n1. The predicted molar refractivity (Wildman–Crippen MR) is 35.7 cm³/mol. The van der Waals surface area contributed by atoms with E-state index in [2.05, 4.69) is 4.98 Å². The van der Waals surface area contributed by atoms with Crippen molar-refractivity contribution in [1.29, 1.82) is 0 Å². The van der Waals surface area contributed by atoms with E-state index >= 15 is 0 Å². The van der Waals surface area contributed by atoms with Gasteiger partial charge < -0.3 is 10.1 Å². The summed E-state index contributed by atoms with van der Waals surface area (Å²) in [5, 5.41) is 10.1. The summed E-state index contributed by atoms with van der Waals surface area (Å²) in [5.74, 6) is -0.319. The summed E-state index contributed by atoms with van der Waals surface area (Å²) in [4.78, 5) is 12.9. The summed E-state index contributed by atoms with van der Waals surface area (Å²) in [6.45, 7) is -0.776. The van der Waals surface area contributed by atoms with Crippen LogP contribution in [0.4, 0.5) is 10.2 Å². The van der Waals surface area contributed by atoms with Gasteiger partial charge in [0.05, 0.1) is 0 Å². The minimum absolute atomic E-state index is 0.0826. The molecule has 1 aromatic rings. The van der Waals surface area contributed by atoms with Crippen molar-refractivity contribution in [2.45, 2.75) is 6.67 Å². The second kappa shape index (κ2) is 3.05. The summed E-state index contributed by atoms with van der Waals surface area (Å²) in [6, 6.07) is 4.02. The van der Waals surface area contributed by atoms with Crippen LogP contribution in [0.25, 0.3) is 0 Å². The first-order valence-electron chi connectivity index (χ1n) is 2.90. The smallest absolute Gasteiger partial charge is 0.358 e. The molecule has 0 saturated carbocycles. The first kappa shape index (κ1) is 7.59. The molecule has 1 rings (SSSR count). The largest absolute Gasteiger partial charge is 0.363 e. The van der Waals surface area contributed by atoms with Gasteiger partial charge in [0.1, 0.15) is 0 Å². The highest BCUT2D eigenvalue weighted by Gasteiger charge is 2.07. The third-order valence-electron chi connectivity index (χ3n) is 1.12.